The van der Waals surface area contributed by atoms with E-state index in [1.807, 2.05) is 13.8 Å². The number of carbonyl (C=O) groups is 2. The van der Waals surface area contributed by atoms with Crippen molar-refractivity contribution in [2.45, 2.75) is 60.6 Å². The van der Waals surface area contributed by atoms with Crippen molar-refractivity contribution in [2.75, 3.05) is 13.2 Å². The lowest BCUT2D eigenvalue weighted by atomic mass is 9.66. The molecule has 0 spiro atoms. The summed E-state index contributed by atoms with van der Waals surface area (Å²) >= 11 is 0. The Morgan fingerprint density at radius 2 is 1.58 bits per heavy atom. The van der Waals surface area contributed by atoms with Crippen molar-refractivity contribution >= 4 is 11.8 Å². The van der Waals surface area contributed by atoms with Crippen molar-refractivity contribution in [3.8, 4) is 0 Å². The van der Waals surface area contributed by atoms with Gasteiger partial charge < -0.3 is 10.4 Å². The van der Waals surface area contributed by atoms with Crippen LogP contribution < -0.4 is 5.32 Å². The maximum Gasteiger partial charge on any atom is 0.258 e. The number of allylic oxidation sites excluding steroid dienone is 2. The average molecular weight is 364 g/mol. The Bertz CT molecular complexity index is 629. The number of aliphatic hydroxyl groups is 1. The lowest BCUT2D eigenvalue weighted by Gasteiger charge is -2.34. The summed E-state index contributed by atoms with van der Waals surface area (Å²) in [4.78, 5) is 31.6. The number of carbonyl (C=O) groups excluding carboxylic acids is 2. The Kier molecular flexibility index (Phi) is 4.61. The highest BCUT2D eigenvalue weighted by Crippen LogP contribution is 2.74. The number of aliphatic hydroxyl groups excluding tert-OH is 1. The van der Waals surface area contributed by atoms with Gasteiger partial charge >= 0.3 is 0 Å². The minimum Gasteiger partial charge on any atom is -0.389 e. The number of amides is 2. The molecule has 1 saturated heterocycles. The van der Waals surface area contributed by atoms with E-state index in [-0.39, 0.29) is 53.0 Å². The Balaban J connectivity index is 1.78. The number of hydroxylamine groups is 2. The fourth-order valence-electron chi connectivity index (χ4n) is 5.66. The van der Waals surface area contributed by atoms with Crippen LogP contribution in [0.25, 0.3) is 0 Å². The lowest BCUT2D eigenvalue weighted by Crippen LogP contribution is -2.42. The van der Waals surface area contributed by atoms with Gasteiger partial charge in [-0.3, -0.25) is 14.4 Å². The molecule has 6 nitrogen and oxygen atoms in total. The number of nitrogens with one attached hydrogen (secondary N) is 1. The van der Waals surface area contributed by atoms with Crippen LogP contribution in [-0.2, 0) is 14.4 Å². The molecular formula is C20H32N2O4. The molecule has 5 atom stereocenters. The molecule has 0 aromatic carbocycles. The quantitative estimate of drug-likeness (QED) is 0.556. The Morgan fingerprint density at radius 1 is 1.12 bits per heavy atom. The number of imide groups is 1. The molecule has 2 N–H and O–H groups in total. The zero-order valence-electron chi connectivity index (χ0n) is 16.9. The maximum absolute atomic E-state index is 13.1. The SMILES string of the molecule is CC1=C(C)C2(C)C3C(=O)N(OCC(O)CNC(C)C)C(=O)C3C1(C)C2C. The van der Waals surface area contributed by atoms with E-state index in [0.717, 1.165) is 5.06 Å². The van der Waals surface area contributed by atoms with Crippen molar-refractivity contribution in [1.82, 2.24) is 10.4 Å². The van der Waals surface area contributed by atoms with Crippen LogP contribution in [0.4, 0.5) is 0 Å². The molecule has 2 bridgehead atoms. The van der Waals surface area contributed by atoms with E-state index in [2.05, 4.69) is 39.9 Å². The molecular weight excluding hydrogens is 332 g/mol. The normalized spacial score (nSPS) is 40.2. The minimum absolute atomic E-state index is 0.0784. The molecule has 3 rings (SSSR count). The number of hydrogen-bond donors (Lipinski definition) is 2. The summed E-state index contributed by atoms with van der Waals surface area (Å²) in [6.07, 6.45) is -0.776. The highest BCUT2D eigenvalue weighted by molar-refractivity contribution is 6.06. The fourth-order valence-corrected chi connectivity index (χ4v) is 5.66. The molecule has 5 unspecified atom stereocenters. The molecule has 1 heterocycles. The van der Waals surface area contributed by atoms with E-state index in [9.17, 15) is 14.7 Å². The van der Waals surface area contributed by atoms with Crippen LogP contribution in [0.1, 0.15) is 48.5 Å². The monoisotopic (exact) mass is 364 g/mol. The number of rotatable bonds is 6. The van der Waals surface area contributed by atoms with E-state index in [1.54, 1.807) is 0 Å². The van der Waals surface area contributed by atoms with E-state index in [0.29, 0.717) is 6.54 Å². The van der Waals surface area contributed by atoms with E-state index < -0.39 is 6.10 Å². The standard InChI is InChI=1S/C20H32N2O4/c1-10(2)21-8-14(23)9-26-22-17(24)15-16(18(22)25)20(7)12(4)11(3)19(15,6)13(20)5/h10,13-16,21,23H,8-9H2,1-7H3. The summed E-state index contributed by atoms with van der Waals surface area (Å²) in [5, 5.41) is 14.1. The molecule has 2 fully saturated rings. The van der Waals surface area contributed by atoms with Gasteiger partial charge in [-0.25, -0.2) is 0 Å². The van der Waals surface area contributed by atoms with Crippen molar-refractivity contribution in [3.05, 3.63) is 11.1 Å². The van der Waals surface area contributed by atoms with Crippen molar-refractivity contribution in [1.29, 1.82) is 0 Å². The Labute approximate surface area is 155 Å². The van der Waals surface area contributed by atoms with Crippen LogP contribution in [0.2, 0.25) is 0 Å². The van der Waals surface area contributed by atoms with Gasteiger partial charge in [0.1, 0.15) is 6.61 Å². The largest absolute Gasteiger partial charge is 0.389 e. The van der Waals surface area contributed by atoms with Gasteiger partial charge in [-0.05, 0) is 19.8 Å². The molecule has 6 heteroatoms. The predicted octanol–water partition coefficient (Wildman–Crippen LogP) is 1.89. The topological polar surface area (TPSA) is 78.9 Å². The Morgan fingerprint density at radius 3 is 2.00 bits per heavy atom. The molecule has 3 aliphatic rings. The van der Waals surface area contributed by atoms with Gasteiger partial charge in [0.05, 0.1) is 17.9 Å². The molecule has 1 aliphatic heterocycles. The minimum atomic E-state index is -0.776. The zero-order chi connectivity index (χ0) is 19.6. The highest BCUT2D eigenvalue weighted by atomic mass is 16.7. The third-order valence-corrected chi connectivity index (χ3v) is 7.69. The molecule has 2 aliphatic carbocycles. The second-order valence-electron chi connectivity index (χ2n) is 8.98. The van der Waals surface area contributed by atoms with Crippen LogP contribution in [0.15, 0.2) is 11.1 Å². The second kappa shape index (κ2) is 6.14. The molecule has 0 radical (unpaired) electrons. The third kappa shape index (κ3) is 2.28. The molecule has 2 amide bonds. The van der Waals surface area contributed by atoms with Crippen LogP contribution in [0.5, 0.6) is 0 Å². The first-order valence-corrected chi connectivity index (χ1v) is 9.59. The van der Waals surface area contributed by atoms with Crippen molar-refractivity contribution < 1.29 is 19.5 Å². The molecule has 146 valence electrons. The summed E-state index contributed by atoms with van der Waals surface area (Å²) < 4.78 is 0. The Hall–Kier alpha value is -1.24. The van der Waals surface area contributed by atoms with Gasteiger partial charge in [-0.1, -0.05) is 45.8 Å². The number of nitrogens with zero attached hydrogens (tertiary/aromatic N) is 1. The molecule has 0 aromatic heterocycles. The van der Waals surface area contributed by atoms with Gasteiger partial charge in [0, 0.05) is 23.4 Å². The van der Waals surface area contributed by atoms with Crippen LogP contribution in [-0.4, -0.2) is 47.3 Å². The molecule has 26 heavy (non-hydrogen) atoms. The van der Waals surface area contributed by atoms with Crippen molar-refractivity contribution in [3.63, 3.8) is 0 Å². The lowest BCUT2D eigenvalue weighted by molar-refractivity contribution is -0.198. The van der Waals surface area contributed by atoms with Gasteiger partial charge in [-0.2, -0.15) is 5.06 Å². The average Bonchev–Trinajstić information content (AvgIpc) is 2.99. The highest BCUT2D eigenvalue weighted by Gasteiger charge is 2.75. The summed E-state index contributed by atoms with van der Waals surface area (Å²) in [5.74, 6) is -1.02. The van der Waals surface area contributed by atoms with Gasteiger partial charge in [0.15, 0.2) is 0 Å². The summed E-state index contributed by atoms with van der Waals surface area (Å²) in [6.45, 7) is 14.8. The zero-order valence-corrected chi connectivity index (χ0v) is 16.9. The van der Waals surface area contributed by atoms with Crippen LogP contribution >= 0.6 is 0 Å². The third-order valence-electron chi connectivity index (χ3n) is 7.69. The van der Waals surface area contributed by atoms with E-state index in [1.165, 1.54) is 11.1 Å². The summed E-state index contributed by atoms with van der Waals surface area (Å²) in [6, 6.07) is 0.244. The van der Waals surface area contributed by atoms with Gasteiger partial charge in [0.25, 0.3) is 11.8 Å². The molecule has 1 saturated carbocycles. The second-order valence-corrected chi connectivity index (χ2v) is 8.98. The van der Waals surface area contributed by atoms with Crippen molar-refractivity contribution in [2.24, 2.45) is 28.6 Å². The summed E-state index contributed by atoms with van der Waals surface area (Å²) in [5.41, 5.74) is 1.84. The van der Waals surface area contributed by atoms with Crippen LogP contribution in [0.3, 0.4) is 0 Å². The van der Waals surface area contributed by atoms with Crippen LogP contribution in [0, 0.1) is 28.6 Å². The smallest absolute Gasteiger partial charge is 0.258 e. The number of fused-ring (bicyclic) bond motifs is 5. The van der Waals surface area contributed by atoms with Gasteiger partial charge in [0.2, 0.25) is 0 Å². The van der Waals surface area contributed by atoms with E-state index in [4.69, 9.17) is 4.84 Å². The first-order chi connectivity index (χ1) is 12.0. The maximum atomic E-state index is 13.1. The predicted molar refractivity (Wildman–Crippen MR) is 97.7 cm³/mol. The first-order valence-electron chi connectivity index (χ1n) is 9.59. The fraction of sp³-hybridized carbons (Fsp3) is 0.800. The first kappa shape index (κ1) is 19.5. The molecule has 0 aromatic rings. The summed E-state index contributed by atoms with van der Waals surface area (Å²) in [7, 11) is 0. The van der Waals surface area contributed by atoms with E-state index >= 15 is 0 Å². The van der Waals surface area contributed by atoms with Gasteiger partial charge in [-0.15, -0.1) is 0 Å². The number of hydrogen-bond acceptors (Lipinski definition) is 5.